The summed E-state index contributed by atoms with van der Waals surface area (Å²) in [5.74, 6) is -0.274. The smallest absolute Gasteiger partial charge is 0.297 e. The molecular formula is C9H12ClN3O3. The van der Waals surface area contributed by atoms with Gasteiger partial charge in [0.05, 0.1) is 13.4 Å². The van der Waals surface area contributed by atoms with Crippen molar-refractivity contribution < 1.29 is 9.53 Å². The molecule has 1 aromatic heterocycles. The molecule has 0 aliphatic carbocycles. The van der Waals surface area contributed by atoms with Crippen LogP contribution in [-0.2, 0) is 11.3 Å². The van der Waals surface area contributed by atoms with Crippen molar-refractivity contribution in [1.82, 2.24) is 14.5 Å². The van der Waals surface area contributed by atoms with Crippen molar-refractivity contribution in [1.29, 1.82) is 0 Å². The van der Waals surface area contributed by atoms with Crippen molar-refractivity contribution in [3.63, 3.8) is 0 Å². The number of likely N-dealkylation sites (N-methyl/N-ethyl adjacent to an activating group) is 1. The van der Waals surface area contributed by atoms with Gasteiger partial charge in [0.1, 0.15) is 6.54 Å². The van der Waals surface area contributed by atoms with Crippen LogP contribution in [0.4, 0.5) is 0 Å². The van der Waals surface area contributed by atoms with E-state index in [1.807, 2.05) is 0 Å². The molecule has 0 aromatic carbocycles. The molecule has 0 N–H and O–H groups in total. The van der Waals surface area contributed by atoms with E-state index in [0.29, 0.717) is 0 Å². The van der Waals surface area contributed by atoms with Crippen LogP contribution in [0.2, 0.25) is 5.15 Å². The molecule has 6 nitrogen and oxygen atoms in total. The Balaban J connectivity index is 3.08. The van der Waals surface area contributed by atoms with E-state index in [1.165, 1.54) is 18.3 Å². The van der Waals surface area contributed by atoms with Crippen LogP contribution in [-0.4, -0.2) is 41.6 Å². The van der Waals surface area contributed by atoms with Crippen LogP contribution in [0, 0.1) is 0 Å². The molecule has 0 atom stereocenters. The third-order valence-corrected chi connectivity index (χ3v) is 2.23. The van der Waals surface area contributed by atoms with E-state index in [9.17, 15) is 9.59 Å². The zero-order valence-electron chi connectivity index (χ0n) is 9.23. The van der Waals surface area contributed by atoms with Crippen molar-refractivity contribution in [3.05, 3.63) is 21.8 Å². The van der Waals surface area contributed by atoms with Crippen LogP contribution in [0.25, 0.3) is 0 Å². The number of carbonyl (C=O) groups excluding carboxylic acids is 1. The average molecular weight is 246 g/mol. The van der Waals surface area contributed by atoms with Gasteiger partial charge in [-0.15, -0.1) is 0 Å². The second kappa shape index (κ2) is 4.98. The minimum atomic E-state index is -0.474. The summed E-state index contributed by atoms with van der Waals surface area (Å²) in [5, 5.41) is -0.0129. The van der Waals surface area contributed by atoms with Crippen molar-refractivity contribution in [2.75, 3.05) is 21.2 Å². The van der Waals surface area contributed by atoms with Gasteiger partial charge < -0.3 is 9.64 Å². The minimum Gasteiger partial charge on any atom is -0.489 e. The van der Waals surface area contributed by atoms with Crippen molar-refractivity contribution in [2.45, 2.75) is 6.54 Å². The van der Waals surface area contributed by atoms with Gasteiger partial charge in [-0.2, -0.15) is 0 Å². The lowest BCUT2D eigenvalue weighted by Crippen LogP contribution is -2.32. The number of ether oxygens (including phenoxy) is 1. The molecule has 0 bridgehead atoms. The zero-order chi connectivity index (χ0) is 12.3. The van der Waals surface area contributed by atoms with Crippen molar-refractivity contribution in [3.8, 4) is 5.75 Å². The highest BCUT2D eigenvalue weighted by molar-refractivity contribution is 6.30. The fourth-order valence-electron chi connectivity index (χ4n) is 1.02. The third-order valence-electron chi connectivity index (χ3n) is 1.96. The highest BCUT2D eigenvalue weighted by Gasteiger charge is 2.13. The molecule has 0 radical (unpaired) electrons. The first-order valence-electron chi connectivity index (χ1n) is 4.46. The Morgan fingerprint density at radius 2 is 2.25 bits per heavy atom. The molecule has 0 aliphatic rings. The Labute approximate surface area is 97.4 Å². The fourth-order valence-corrected chi connectivity index (χ4v) is 1.22. The van der Waals surface area contributed by atoms with Gasteiger partial charge in [-0.25, -0.2) is 4.98 Å². The SMILES string of the molecule is COc1c(Cl)ncn(CC(=O)N(C)C)c1=O. The molecule has 1 amide bonds. The Hall–Kier alpha value is -1.56. The Bertz CT molecular complexity index is 456. The van der Waals surface area contributed by atoms with E-state index in [0.717, 1.165) is 4.57 Å². The summed E-state index contributed by atoms with van der Waals surface area (Å²) < 4.78 is 5.95. The number of aromatic nitrogens is 2. The summed E-state index contributed by atoms with van der Waals surface area (Å²) in [4.78, 5) is 28.3. The van der Waals surface area contributed by atoms with E-state index < -0.39 is 5.56 Å². The molecule has 0 saturated carbocycles. The predicted molar refractivity (Wildman–Crippen MR) is 58.8 cm³/mol. The predicted octanol–water partition coefficient (Wildman–Crippen LogP) is -0.00650. The van der Waals surface area contributed by atoms with E-state index >= 15 is 0 Å². The second-order valence-corrected chi connectivity index (χ2v) is 3.65. The van der Waals surface area contributed by atoms with E-state index in [-0.39, 0.29) is 23.4 Å². The number of hydrogen-bond donors (Lipinski definition) is 0. The summed E-state index contributed by atoms with van der Waals surface area (Å²) >= 11 is 5.66. The summed E-state index contributed by atoms with van der Waals surface area (Å²) in [6, 6.07) is 0. The maximum absolute atomic E-state index is 11.7. The number of methoxy groups -OCH3 is 1. The van der Waals surface area contributed by atoms with Gasteiger partial charge in [0, 0.05) is 14.1 Å². The summed E-state index contributed by atoms with van der Waals surface area (Å²) in [6.07, 6.45) is 1.22. The standard InChI is InChI=1S/C9H12ClN3O3/c1-12(2)6(14)4-13-5-11-8(10)7(16-3)9(13)15/h5H,4H2,1-3H3. The summed E-state index contributed by atoms with van der Waals surface area (Å²) in [6.45, 7) is -0.0909. The molecule has 1 heterocycles. The first kappa shape index (κ1) is 12.5. The average Bonchev–Trinajstić information content (AvgIpc) is 2.22. The lowest BCUT2D eigenvalue weighted by atomic mass is 10.5. The number of hydrogen-bond acceptors (Lipinski definition) is 4. The lowest BCUT2D eigenvalue weighted by molar-refractivity contribution is -0.129. The topological polar surface area (TPSA) is 64.4 Å². The van der Waals surface area contributed by atoms with Gasteiger partial charge in [-0.05, 0) is 0 Å². The summed E-state index contributed by atoms with van der Waals surface area (Å²) in [7, 11) is 4.53. The van der Waals surface area contributed by atoms with Crippen LogP contribution in [0.15, 0.2) is 11.1 Å². The molecule has 1 rings (SSSR count). The number of halogens is 1. The highest BCUT2D eigenvalue weighted by Crippen LogP contribution is 2.14. The van der Waals surface area contributed by atoms with Gasteiger partial charge in [0.25, 0.3) is 5.56 Å². The first-order valence-corrected chi connectivity index (χ1v) is 4.84. The quantitative estimate of drug-likeness (QED) is 0.703. The van der Waals surface area contributed by atoms with Crippen LogP contribution in [0.1, 0.15) is 0 Å². The molecule has 0 aliphatic heterocycles. The monoisotopic (exact) mass is 245 g/mol. The van der Waals surface area contributed by atoms with Gasteiger partial charge in [0.2, 0.25) is 11.7 Å². The lowest BCUT2D eigenvalue weighted by Gasteiger charge is -2.12. The largest absolute Gasteiger partial charge is 0.489 e. The first-order chi connectivity index (χ1) is 7.47. The Morgan fingerprint density at radius 1 is 1.62 bits per heavy atom. The van der Waals surface area contributed by atoms with Crippen LogP contribution in [0.3, 0.4) is 0 Å². The van der Waals surface area contributed by atoms with Crippen LogP contribution >= 0.6 is 11.6 Å². The second-order valence-electron chi connectivity index (χ2n) is 3.29. The van der Waals surface area contributed by atoms with Crippen molar-refractivity contribution >= 4 is 17.5 Å². The molecule has 0 unspecified atom stereocenters. The number of rotatable bonds is 3. The molecule has 0 fully saturated rings. The van der Waals surface area contributed by atoms with Gasteiger partial charge in [-0.3, -0.25) is 14.2 Å². The molecule has 0 saturated heterocycles. The minimum absolute atomic E-state index is 0.0129. The molecular weight excluding hydrogens is 234 g/mol. The number of carbonyl (C=O) groups is 1. The number of nitrogens with zero attached hydrogens (tertiary/aromatic N) is 3. The van der Waals surface area contributed by atoms with Gasteiger partial charge in [0.15, 0.2) is 5.15 Å². The van der Waals surface area contributed by atoms with Gasteiger partial charge >= 0.3 is 0 Å². The van der Waals surface area contributed by atoms with Gasteiger partial charge in [-0.1, -0.05) is 11.6 Å². The normalized spacial score (nSPS) is 10.0. The summed E-state index contributed by atoms with van der Waals surface area (Å²) in [5.41, 5.74) is -0.474. The maximum Gasteiger partial charge on any atom is 0.297 e. The Morgan fingerprint density at radius 3 is 2.75 bits per heavy atom. The molecule has 16 heavy (non-hydrogen) atoms. The molecule has 88 valence electrons. The van der Waals surface area contributed by atoms with E-state index in [2.05, 4.69) is 4.98 Å². The Kier molecular flexibility index (Phi) is 3.89. The van der Waals surface area contributed by atoms with E-state index in [1.54, 1.807) is 14.1 Å². The zero-order valence-corrected chi connectivity index (χ0v) is 9.98. The molecule has 7 heteroatoms. The van der Waals surface area contributed by atoms with Crippen LogP contribution < -0.4 is 10.3 Å². The van der Waals surface area contributed by atoms with Crippen molar-refractivity contribution in [2.24, 2.45) is 0 Å². The molecule has 1 aromatic rings. The third kappa shape index (κ3) is 2.52. The highest BCUT2D eigenvalue weighted by atomic mass is 35.5. The number of amides is 1. The van der Waals surface area contributed by atoms with Crippen LogP contribution in [0.5, 0.6) is 5.75 Å². The molecule has 0 spiro atoms. The maximum atomic E-state index is 11.7. The van der Waals surface area contributed by atoms with E-state index in [4.69, 9.17) is 16.3 Å². The fraction of sp³-hybridized carbons (Fsp3) is 0.444.